The van der Waals surface area contributed by atoms with E-state index in [0.29, 0.717) is 5.75 Å². The monoisotopic (exact) mass is 341 g/mol. The summed E-state index contributed by atoms with van der Waals surface area (Å²) < 4.78 is 10.9. The Morgan fingerprint density at radius 1 is 1.21 bits per heavy atom. The number of carbonyl (C=O) groups excluding carboxylic acids is 1. The summed E-state index contributed by atoms with van der Waals surface area (Å²) in [5.74, 6) is 1.90. The summed E-state index contributed by atoms with van der Waals surface area (Å²) in [5, 5.41) is 4.01. The number of thioether (sulfide) groups is 1. The molecule has 0 saturated heterocycles. The molecule has 0 aliphatic carbocycles. The summed E-state index contributed by atoms with van der Waals surface area (Å²) in [6.45, 7) is 1.92. The number of furan rings is 1. The van der Waals surface area contributed by atoms with Gasteiger partial charge in [0.15, 0.2) is 0 Å². The average Bonchev–Trinajstić information content (AvgIpc) is 3.05. The molecule has 1 unspecified atom stereocenters. The van der Waals surface area contributed by atoms with Gasteiger partial charge in [0.1, 0.15) is 17.1 Å². The third kappa shape index (κ3) is 3.92. The van der Waals surface area contributed by atoms with Gasteiger partial charge in [-0.15, -0.1) is 11.8 Å². The predicted octanol–water partition coefficient (Wildman–Crippen LogP) is 4.41. The third-order valence-corrected chi connectivity index (χ3v) is 4.69. The smallest absolute Gasteiger partial charge is 0.230 e. The lowest BCUT2D eigenvalue weighted by atomic mass is 10.2. The van der Waals surface area contributed by atoms with E-state index >= 15 is 0 Å². The molecule has 0 aliphatic heterocycles. The van der Waals surface area contributed by atoms with Crippen LogP contribution in [0.15, 0.2) is 63.9 Å². The zero-order chi connectivity index (χ0) is 16.9. The van der Waals surface area contributed by atoms with Crippen molar-refractivity contribution in [3.63, 3.8) is 0 Å². The molecule has 1 atom stereocenters. The van der Waals surface area contributed by atoms with Crippen molar-refractivity contribution in [3.8, 4) is 5.75 Å². The van der Waals surface area contributed by atoms with Crippen LogP contribution >= 0.6 is 11.8 Å². The lowest BCUT2D eigenvalue weighted by Gasteiger charge is -2.11. The van der Waals surface area contributed by atoms with Gasteiger partial charge in [-0.3, -0.25) is 4.79 Å². The Bertz CT molecular complexity index is 793. The van der Waals surface area contributed by atoms with Crippen LogP contribution in [0.1, 0.15) is 18.7 Å². The SMILES string of the molecule is COc1ccc(SCC(=O)NC(C)c2cc3ccccc3o2)cc1. The Hall–Kier alpha value is -2.40. The lowest BCUT2D eigenvalue weighted by molar-refractivity contribution is -0.119. The second-order valence-corrected chi connectivity index (χ2v) is 6.49. The molecule has 1 heterocycles. The molecule has 1 aromatic heterocycles. The lowest BCUT2D eigenvalue weighted by Crippen LogP contribution is -2.27. The van der Waals surface area contributed by atoms with E-state index in [9.17, 15) is 4.79 Å². The fourth-order valence-electron chi connectivity index (χ4n) is 2.39. The van der Waals surface area contributed by atoms with Crippen molar-refractivity contribution in [2.45, 2.75) is 17.9 Å². The number of rotatable bonds is 6. The van der Waals surface area contributed by atoms with E-state index in [1.54, 1.807) is 7.11 Å². The fraction of sp³-hybridized carbons (Fsp3) is 0.211. The van der Waals surface area contributed by atoms with Crippen molar-refractivity contribution in [1.82, 2.24) is 5.32 Å². The molecule has 4 nitrogen and oxygen atoms in total. The Kier molecular flexibility index (Phi) is 5.11. The van der Waals surface area contributed by atoms with Gasteiger partial charge in [0, 0.05) is 10.3 Å². The van der Waals surface area contributed by atoms with Crippen LogP contribution in [-0.2, 0) is 4.79 Å². The molecule has 124 valence electrons. The zero-order valence-electron chi connectivity index (χ0n) is 13.6. The Morgan fingerprint density at radius 2 is 1.96 bits per heavy atom. The van der Waals surface area contributed by atoms with E-state index in [0.717, 1.165) is 27.4 Å². The van der Waals surface area contributed by atoms with Crippen LogP contribution in [-0.4, -0.2) is 18.8 Å². The molecular weight excluding hydrogens is 322 g/mol. The minimum absolute atomic E-state index is 0.0243. The summed E-state index contributed by atoms with van der Waals surface area (Å²) >= 11 is 1.49. The van der Waals surface area contributed by atoms with Gasteiger partial charge in [0.25, 0.3) is 0 Å². The Balaban J connectivity index is 1.55. The summed E-state index contributed by atoms with van der Waals surface area (Å²) in [6.07, 6.45) is 0. The summed E-state index contributed by atoms with van der Waals surface area (Å²) in [7, 11) is 1.63. The second kappa shape index (κ2) is 7.45. The maximum absolute atomic E-state index is 12.1. The number of ether oxygens (including phenoxy) is 1. The van der Waals surface area contributed by atoms with E-state index in [-0.39, 0.29) is 11.9 Å². The summed E-state index contributed by atoms with van der Waals surface area (Å²) in [4.78, 5) is 13.2. The van der Waals surface area contributed by atoms with Gasteiger partial charge < -0.3 is 14.5 Å². The maximum Gasteiger partial charge on any atom is 0.230 e. The van der Waals surface area contributed by atoms with Crippen LogP contribution < -0.4 is 10.1 Å². The first-order chi connectivity index (χ1) is 11.7. The number of benzene rings is 2. The zero-order valence-corrected chi connectivity index (χ0v) is 14.4. The highest BCUT2D eigenvalue weighted by Gasteiger charge is 2.14. The Labute approximate surface area is 145 Å². The van der Waals surface area contributed by atoms with Gasteiger partial charge >= 0.3 is 0 Å². The molecule has 0 spiro atoms. The van der Waals surface area contributed by atoms with Crippen molar-refractivity contribution in [1.29, 1.82) is 0 Å². The van der Waals surface area contributed by atoms with Gasteiger partial charge in [-0.05, 0) is 43.3 Å². The number of carbonyl (C=O) groups is 1. The number of hydrogen-bond donors (Lipinski definition) is 1. The highest BCUT2D eigenvalue weighted by atomic mass is 32.2. The molecule has 2 aromatic carbocycles. The van der Waals surface area contributed by atoms with Crippen LogP contribution in [0.2, 0.25) is 0 Å². The number of nitrogens with one attached hydrogen (secondary N) is 1. The van der Waals surface area contributed by atoms with Crippen molar-refractivity contribution < 1.29 is 13.9 Å². The minimum atomic E-state index is -0.165. The molecule has 0 radical (unpaired) electrons. The quantitative estimate of drug-likeness (QED) is 0.675. The van der Waals surface area contributed by atoms with Crippen molar-refractivity contribution >= 4 is 28.6 Å². The molecule has 0 saturated carbocycles. The molecule has 0 fully saturated rings. The topological polar surface area (TPSA) is 51.5 Å². The van der Waals surface area contributed by atoms with Crippen molar-refractivity contribution in [2.24, 2.45) is 0 Å². The van der Waals surface area contributed by atoms with Gasteiger partial charge in [0.2, 0.25) is 5.91 Å². The standard InChI is InChI=1S/C19H19NO3S/c1-13(18-11-14-5-3-4-6-17(14)23-18)20-19(21)12-24-16-9-7-15(22-2)8-10-16/h3-11,13H,12H2,1-2H3,(H,20,21). The van der Waals surface area contributed by atoms with Gasteiger partial charge in [-0.25, -0.2) is 0 Å². The van der Waals surface area contributed by atoms with E-state index < -0.39 is 0 Å². The van der Waals surface area contributed by atoms with E-state index in [2.05, 4.69) is 5.32 Å². The first kappa shape index (κ1) is 16.5. The molecule has 0 aliphatic rings. The van der Waals surface area contributed by atoms with E-state index in [1.807, 2.05) is 61.5 Å². The number of hydrogen-bond acceptors (Lipinski definition) is 4. The Morgan fingerprint density at radius 3 is 2.67 bits per heavy atom. The highest BCUT2D eigenvalue weighted by molar-refractivity contribution is 8.00. The fourth-order valence-corrected chi connectivity index (χ4v) is 3.10. The van der Waals surface area contributed by atoms with Crippen LogP contribution in [0.4, 0.5) is 0 Å². The van der Waals surface area contributed by atoms with Gasteiger partial charge in [-0.1, -0.05) is 18.2 Å². The normalized spacial score (nSPS) is 12.1. The van der Waals surface area contributed by atoms with Crippen molar-refractivity contribution in [2.75, 3.05) is 12.9 Å². The van der Waals surface area contributed by atoms with E-state index in [1.165, 1.54) is 11.8 Å². The molecule has 3 aromatic rings. The predicted molar refractivity (Wildman–Crippen MR) is 96.5 cm³/mol. The van der Waals surface area contributed by atoms with Crippen molar-refractivity contribution in [3.05, 3.63) is 60.4 Å². The molecule has 24 heavy (non-hydrogen) atoms. The molecule has 3 rings (SSSR count). The average molecular weight is 341 g/mol. The highest BCUT2D eigenvalue weighted by Crippen LogP contribution is 2.24. The molecule has 1 N–H and O–H groups in total. The molecule has 0 bridgehead atoms. The number of amides is 1. The second-order valence-electron chi connectivity index (χ2n) is 5.44. The van der Waals surface area contributed by atoms with Crippen LogP contribution in [0, 0.1) is 0 Å². The maximum atomic E-state index is 12.1. The van der Waals surface area contributed by atoms with Gasteiger partial charge in [-0.2, -0.15) is 0 Å². The summed E-state index contributed by atoms with van der Waals surface area (Å²) in [5.41, 5.74) is 0.834. The first-order valence-corrected chi connectivity index (χ1v) is 8.69. The molecule has 5 heteroatoms. The van der Waals surface area contributed by atoms with Crippen LogP contribution in [0.3, 0.4) is 0 Å². The number of methoxy groups -OCH3 is 1. The minimum Gasteiger partial charge on any atom is -0.497 e. The van der Waals surface area contributed by atoms with Crippen LogP contribution in [0.25, 0.3) is 11.0 Å². The number of fused-ring (bicyclic) bond motifs is 1. The largest absolute Gasteiger partial charge is 0.497 e. The third-order valence-electron chi connectivity index (χ3n) is 3.68. The van der Waals surface area contributed by atoms with Gasteiger partial charge in [0.05, 0.1) is 18.9 Å². The summed E-state index contributed by atoms with van der Waals surface area (Å²) in [6, 6.07) is 17.3. The van der Waals surface area contributed by atoms with E-state index in [4.69, 9.17) is 9.15 Å². The first-order valence-electron chi connectivity index (χ1n) is 7.70. The molecular formula is C19H19NO3S. The molecule has 1 amide bonds. The van der Waals surface area contributed by atoms with Crippen LogP contribution in [0.5, 0.6) is 5.75 Å². The number of para-hydroxylation sites is 1.